The minimum atomic E-state index is -0.486. The van der Waals surface area contributed by atoms with Crippen LogP contribution in [0.5, 0.6) is 5.75 Å². The van der Waals surface area contributed by atoms with Gasteiger partial charge in [0, 0.05) is 28.1 Å². The molecule has 0 unspecified atom stereocenters. The summed E-state index contributed by atoms with van der Waals surface area (Å²) in [5, 5.41) is 0. The topological polar surface area (TPSA) is 74.4 Å². The molecule has 0 aliphatic heterocycles. The molecular formula is C14H13BrN2O3. The number of anilines is 1. The van der Waals surface area contributed by atoms with Crippen LogP contribution in [-0.2, 0) is 11.3 Å². The van der Waals surface area contributed by atoms with Crippen LogP contribution in [0.25, 0.3) is 0 Å². The molecule has 0 saturated carbocycles. The molecule has 0 fully saturated rings. The van der Waals surface area contributed by atoms with E-state index in [4.69, 9.17) is 15.2 Å². The first-order valence-electron chi connectivity index (χ1n) is 5.80. The Hall–Kier alpha value is -2.08. The number of hydrogen-bond acceptors (Lipinski definition) is 5. The predicted molar refractivity (Wildman–Crippen MR) is 78.5 cm³/mol. The number of rotatable bonds is 4. The molecule has 0 amide bonds. The third-order valence-electron chi connectivity index (χ3n) is 2.56. The van der Waals surface area contributed by atoms with E-state index in [1.54, 1.807) is 24.5 Å². The Morgan fingerprint density at radius 2 is 2.15 bits per heavy atom. The molecule has 2 aromatic rings. The Morgan fingerprint density at radius 3 is 2.85 bits per heavy atom. The highest BCUT2D eigenvalue weighted by Crippen LogP contribution is 2.23. The second-order valence-electron chi connectivity index (χ2n) is 4.05. The molecule has 1 aromatic carbocycles. The lowest BCUT2D eigenvalue weighted by Crippen LogP contribution is -2.07. The van der Waals surface area contributed by atoms with Gasteiger partial charge >= 0.3 is 5.97 Å². The van der Waals surface area contributed by atoms with E-state index < -0.39 is 5.97 Å². The SMILES string of the molecule is COC(=O)c1cc(N)ccc1OCc1cncc(Br)c1. The fraction of sp³-hybridized carbons (Fsp3) is 0.143. The number of nitrogen functional groups attached to an aromatic ring is 1. The molecule has 20 heavy (non-hydrogen) atoms. The molecule has 1 aromatic heterocycles. The standard InChI is InChI=1S/C14H13BrN2O3/c1-19-14(18)12-5-11(16)2-3-13(12)20-8-9-4-10(15)7-17-6-9/h2-7H,8,16H2,1H3. The van der Waals surface area contributed by atoms with Gasteiger partial charge in [-0.05, 0) is 40.2 Å². The molecule has 1 heterocycles. The average molecular weight is 337 g/mol. The van der Waals surface area contributed by atoms with Crippen molar-refractivity contribution in [3.63, 3.8) is 0 Å². The van der Waals surface area contributed by atoms with Crippen LogP contribution in [-0.4, -0.2) is 18.1 Å². The number of nitrogens with zero attached hydrogens (tertiary/aromatic N) is 1. The van der Waals surface area contributed by atoms with Crippen LogP contribution in [0.1, 0.15) is 15.9 Å². The summed E-state index contributed by atoms with van der Waals surface area (Å²) in [7, 11) is 1.31. The van der Waals surface area contributed by atoms with Crippen LogP contribution in [0.2, 0.25) is 0 Å². The van der Waals surface area contributed by atoms with Crippen molar-refractivity contribution in [2.75, 3.05) is 12.8 Å². The molecule has 0 spiro atoms. The molecule has 0 saturated heterocycles. The molecular weight excluding hydrogens is 324 g/mol. The minimum absolute atomic E-state index is 0.292. The van der Waals surface area contributed by atoms with E-state index >= 15 is 0 Å². The molecule has 0 radical (unpaired) electrons. The van der Waals surface area contributed by atoms with Crippen molar-refractivity contribution >= 4 is 27.6 Å². The number of carbonyl (C=O) groups is 1. The molecule has 5 nitrogen and oxygen atoms in total. The number of ether oxygens (including phenoxy) is 2. The van der Waals surface area contributed by atoms with Gasteiger partial charge in [-0.2, -0.15) is 0 Å². The van der Waals surface area contributed by atoms with Crippen LogP contribution >= 0.6 is 15.9 Å². The Bertz CT molecular complexity index is 632. The number of carbonyl (C=O) groups excluding carboxylic acids is 1. The first-order valence-corrected chi connectivity index (χ1v) is 6.59. The van der Waals surface area contributed by atoms with Gasteiger partial charge in [-0.1, -0.05) is 0 Å². The lowest BCUT2D eigenvalue weighted by atomic mass is 10.2. The summed E-state index contributed by atoms with van der Waals surface area (Å²) in [6.45, 7) is 0.292. The van der Waals surface area contributed by atoms with E-state index in [2.05, 4.69) is 20.9 Å². The molecule has 6 heteroatoms. The van der Waals surface area contributed by atoms with Crippen LogP contribution in [0.3, 0.4) is 0 Å². The van der Waals surface area contributed by atoms with Gasteiger partial charge in [0.15, 0.2) is 0 Å². The van der Waals surface area contributed by atoms with Gasteiger partial charge in [-0.15, -0.1) is 0 Å². The van der Waals surface area contributed by atoms with Crippen LogP contribution in [0.4, 0.5) is 5.69 Å². The van der Waals surface area contributed by atoms with Gasteiger partial charge in [0.1, 0.15) is 17.9 Å². The second kappa shape index (κ2) is 6.38. The van der Waals surface area contributed by atoms with E-state index in [1.807, 2.05) is 6.07 Å². The van der Waals surface area contributed by atoms with Gasteiger partial charge in [-0.25, -0.2) is 4.79 Å². The monoisotopic (exact) mass is 336 g/mol. The largest absolute Gasteiger partial charge is 0.488 e. The zero-order valence-corrected chi connectivity index (χ0v) is 12.4. The second-order valence-corrected chi connectivity index (χ2v) is 4.96. The summed E-state index contributed by atoms with van der Waals surface area (Å²) in [6.07, 6.45) is 3.38. The Morgan fingerprint density at radius 1 is 1.35 bits per heavy atom. The number of nitrogens with two attached hydrogens (primary N) is 1. The third-order valence-corrected chi connectivity index (χ3v) is 3.00. The van der Waals surface area contributed by atoms with Gasteiger partial charge in [0.05, 0.1) is 7.11 Å². The smallest absolute Gasteiger partial charge is 0.341 e. The van der Waals surface area contributed by atoms with Crippen molar-refractivity contribution in [2.24, 2.45) is 0 Å². The zero-order valence-electron chi connectivity index (χ0n) is 10.8. The molecule has 0 aliphatic rings. The summed E-state index contributed by atoms with van der Waals surface area (Å²) in [6, 6.07) is 6.73. The van der Waals surface area contributed by atoms with Crippen molar-refractivity contribution in [2.45, 2.75) is 6.61 Å². The Kier molecular flexibility index (Phi) is 4.57. The number of halogens is 1. The summed E-state index contributed by atoms with van der Waals surface area (Å²) in [5.41, 5.74) is 7.32. The molecule has 2 N–H and O–H groups in total. The van der Waals surface area contributed by atoms with E-state index in [-0.39, 0.29) is 0 Å². The highest BCUT2D eigenvalue weighted by molar-refractivity contribution is 9.10. The van der Waals surface area contributed by atoms with Crippen LogP contribution in [0.15, 0.2) is 41.1 Å². The highest BCUT2D eigenvalue weighted by atomic mass is 79.9. The quantitative estimate of drug-likeness (QED) is 0.686. The van der Waals surface area contributed by atoms with Gasteiger partial charge in [0.2, 0.25) is 0 Å². The van der Waals surface area contributed by atoms with Crippen molar-refractivity contribution in [1.29, 1.82) is 0 Å². The first kappa shape index (κ1) is 14.3. The van der Waals surface area contributed by atoms with Crippen LogP contribution < -0.4 is 10.5 Å². The average Bonchev–Trinajstić information content (AvgIpc) is 2.45. The maximum atomic E-state index is 11.7. The minimum Gasteiger partial charge on any atom is -0.488 e. The van der Waals surface area contributed by atoms with Gasteiger partial charge in [0.25, 0.3) is 0 Å². The maximum absolute atomic E-state index is 11.7. The van der Waals surface area contributed by atoms with Crippen LogP contribution in [0, 0.1) is 0 Å². The van der Waals surface area contributed by atoms with E-state index in [0.717, 1.165) is 10.0 Å². The first-order chi connectivity index (χ1) is 9.60. The van der Waals surface area contributed by atoms with Gasteiger partial charge in [-0.3, -0.25) is 4.98 Å². The zero-order chi connectivity index (χ0) is 14.5. The fourth-order valence-electron chi connectivity index (χ4n) is 1.64. The summed E-state index contributed by atoms with van der Waals surface area (Å²) < 4.78 is 11.2. The molecule has 0 atom stereocenters. The predicted octanol–water partition coefficient (Wildman–Crippen LogP) is 2.79. The van der Waals surface area contributed by atoms with E-state index in [1.165, 1.54) is 13.2 Å². The number of methoxy groups -OCH3 is 1. The van der Waals surface area contributed by atoms with Crippen molar-refractivity contribution in [3.8, 4) is 5.75 Å². The number of pyridine rings is 1. The number of benzene rings is 1. The molecule has 0 aliphatic carbocycles. The van der Waals surface area contributed by atoms with E-state index in [9.17, 15) is 4.79 Å². The Labute approximate surface area is 124 Å². The maximum Gasteiger partial charge on any atom is 0.341 e. The van der Waals surface area contributed by atoms with Crippen molar-refractivity contribution in [1.82, 2.24) is 4.98 Å². The molecule has 0 bridgehead atoms. The normalized spacial score (nSPS) is 10.1. The molecule has 104 valence electrons. The molecule has 2 rings (SSSR count). The van der Waals surface area contributed by atoms with Crippen molar-refractivity contribution in [3.05, 3.63) is 52.3 Å². The van der Waals surface area contributed by atoms with E-state index in [0.29, 0.717) is 23.6 Å². The number of hydrogen-bond donors (Lipinski definition) is 1. The summed E-state index contributed by atoms with van der Waals surface area (Å²) in [5.74, 6) is -0.0642. The third kappa shape index (κ3) is 3.48. The summed E-state index contributed by atoms with van der Waals surface area (Å²) >= 11 is 3.34. The van der Waals surface area contributed by atoms with Crippen molar-refractivity contribution < 1.29 is 14.3 Å². The van der Waals surface area contributed by atoms with Gasteiger partial charge < -0.3 is 15.2 Å². The number of aromatic nitrogens is 1. The lowest BCUT2D eigenvalue weighted by molar-refractivity contribution is 0.0595. The number of esters is 1. The summed E-state index contributed by atoms with van der Waals surface area (Å²) in [4.78, 5) is 15.7. The highest BCUT2D eigenvalue weighted by Gasteiger charge is 2.13. The fourth-order valence-corrected chi connectivity index (χ4v) is 2.05. The lowest BCUT2D eigenvalue weighted by Gasteiger charge is -2.11. The Balaban J connectivity index is 2.19.